The van der Waals surface area contributed by atoms with Crippen LogP contribution in [0.2, 0.25) is 0 Å². The number of halogens is 1. The van der Waals surface area contributed by atoms with E-state index in [4.69, 9.17) is 10.2 Å². The van der Waals surface area contributed by atoms with Gasteiger partial charge >= 0.3 is 0 Å². The lowest BCUT2D eigenvalue weighted by atomic mass is 9.90. The van der Waals surface area contributed by atoms with Crippen molar-refractivity contribution in [1.29, 1.82) is 0 Å². The van der Waals surface area contributed by atoms with E-state index in [2.05, 4.69) is 23.8 Å². The van der Waals surface area contributed by atoms with E-state index >= 15 is 0 Å². The number of fused-ring (bicyclic) bond motifs is 1. The fraction of sp³-hybridized carbons (Fsp3) is 0.531. The topological polar surface area (TPSA) is 83.3 Å². The first-order valence-corrected chi connectivity index (χ1v) is 13.8. The first kappa shape index (κ1) is 33.3. The molecule has 0 atom stereocenters. The maximum Gasteiger partial charge on any atom is 0.163 e. The molecule has 0 fully saturated rings. The molecule has 2 heterocycles. The van der Waals surface area contributed by atoms with E-state index < -0.39 is 5.67 Å². The normalized spacial score (nSPS) is 11.0. The highest BCUT2D eigenvalue weighted by Crippen LogP contribution is 2.35. The summed E-state index contributed by atoms with van der Waals surface area (Å²) in [6.07, 6.45) is 11.2. The van der Waals surface area contributed by atoms with Crippen molar-refractivity contribution < 1.29 is 19.4 Å². The molecule has 0 amide bonds. The summed E-state index contributed by atoms with van der Waals surface area (Å²) in [6.45, 7) is 11.7. The lowest BCUT2D eigenvalue weighted by Crippen LogP contribution is -2.12. The van der Waals surface area contributed by atoms with Crippen molar-refractivity contribution in [3.63, 3.8) is 0 Å². The SMILES string of the molecule is CCC(=O)c1cc(-c2ccc(C)cc2C(C)(C)F)nc2ccncc12.CCCC(CCC)CCCO.CO. The molecule has 0 aliphatic heterocycles. The van der Waals surface area contributed by atoms with Crippen molar-refractivity contribution in [1.82, 2.24) is 9.97 Å². The zero-order chi connectivity index (χ0) is 28.7. The van der Waals surface area contributed by atoms with Crippen LogP contribution >= 0.6 is 0 Å². The molecule has 0 bridgehead atoms. The van der Waals surface area contributed by atoms with Gasteiger partial charge in [0.1, 0.15) is 5.67 Å². The molecule has 0 aliphatic rings. The van der Waals surface area contributed by atoms with Gasteiger partial charge in [0.15, 0.2) is 5.78 Å². The highest BCUT2D eigenvalue weighted by atomic mass is 19.1. The van der Waals surface area contributed by atoms with Crippen molar-refractivity contribution in [2.45, 2.75) is 92.2 Å². The Kier molecular flexibility index (Phi) is 14.9. The molecule has 0 spiro atoms. The number of aliphatic hydroxyl groups is 2. The number of rotatable bonds is 11. The fourth-order valence-corrected chi connectivity index (χ4v) is 4.63. The zero-order valence-corrected chi connectivity index (χ0v) is 24.4. The maximum atomic E-state index is 14.8. The van der Waals surface area contributed by atoms with Crippen LogP contribution < -0.4 is 0 Å². The van der Waals surface area contributed by atoms with Gasteiger partial charge in [-0.25, -0.2) is 9.37 Å². The number of carbonyl (C=O) groups is 1. The average Bonchev–Trinajstić information content (AvgIpc) is 2.92. The van der Waals surface area contributed by atoms with E-state index in [-0.39, 0.29) is 5.78 Å². The Labute approximate surface area is 228 Å². The van der Waals surface area contributed by atoms with E-state index in [1.54, 1.807) is 24.5 Å². The molecular formula is C32H47FN2O3. The number of nitrogens with zero attached hydrogens (tertiary/aromatic N) is 2. The molecule has 1 aromatic carbocycles. The summed E-state index contributed by atoms with van der Waals surface area (Å²) in [5.74, 6) is 0.895. The summed E-state index contributed by atoms with van der Waals surface area (Å²) in [5, 5.41) is 16.4. The third-order valence-electron chi connectivity index (χ3n) is 6.49. The predicted octanol–water partition coefficient (Wildman–Crippen LogP) is 7.99. The maximum absolute atomic E-state index is 14.8. The molecule has 0 aliphatic carbocycles. The van der Waals surface area contributed by atoms with Crippen LogP contribution in [0.15, 0.2) is 42.7 Å². The van der Waals surface area contributed by atoms with Crippen molar-refractivity contribution in [2.75, 3.05) is 13.7 Å². The molecule has 3 aromatic rings. The third kappa shape index (κ3) is 9.88. The highest BCUT2D eigenvalue weighted by molar-refractivity contribution is 6.08. The number of aromatic nitrogens is 2. The van der Waals surface area contributed by atoms with E-state index in [0.717, 1.165) is 30.4 Å². The van der Waals surface area contributed by atoms with Gasteiger partial charge in [-0.05, 0) is 57.2 Å². The minimum Gasteiger partial charge on any atom is -0.400 e. The quantitative estimate of drug-likeness (QED) is 0.247. The fourth-order valence-electron chi connectivity index (χ4n) is 4.63. The molecule has 210 valence electrons. The average molecular weight is 527 g/mol. The third-order valence-corrected chi connectivity index (χ3v) is 6.49. The van der Waals surface area contributed by atoms with Gasteiger partial charge in [0.25, 0.3) is 0 Å². The first-order valence-electron chi connectivity index (χ1n) is 13.8. The lowest BCUT2D eigenvalue weighted by molar-refractivity contribution is 0.0989. The predicted molar refractivity (Wildman–Crippen MR) is 156 cm³/mol. The number of hydrogen-bond donors (Lipinski definition) is 2. The molecule has 0 unspecified atom stereocenters. The van der Waals surface area contributed by atoms with Gasteiger partial charge in [0, 0.05) is 49.0 Å². The van der Waals surface area contributed by atoms with Crippen LogP contribution in [0.5, 0.6) is 0 Å². The van der Waals surface area contributed by atoms with E-state index in [1.165, 1.54) is 46.0 Å². The summed E-state index contributed by atoms with van der Waals surface area (Å²) in [7, 11) is 1.00. The molecule has 5 nitrogen and oxygen atoms in total. The Morgan fingerprint density at radius 3 is 2.24 bits per heavy atom. The lowest BCUT2D eigenvalue weighted by Gasteiger charge is -2.20. The number of pyridine rings is 2. The van der Waals surface area contributed by atoms with E-state index in [1.807, 2.05) is 32.0 Å². The van der Waals surface area contributed by atoms with Gasteiger partial charge in [-0.1, -0.05) is 70.2 Å². The van der Waals surface area contributed by atoms with Crippen LogP contribution in [0.3, 0.4) is 0 Å². The first-order chi connectivity index (χ1) is 18.2. The molecule has 0 saturated carbocycles. The minimum atomic E-state index is -1.51. The van der Waals surface area contributed by atoms with Crippen LogP contribution in [0, 0.1) is 12.8 Å². The van der Waals surface area contributed by atoms with Crippen molar-refractivity contribution in [3.05, 3.63) is 59.4 Å². The Morgan fingerprint density at radius 2 is 1.68 bits per heavy atom. The largest absolute Gasteiger partial charge is 0.400 e. The molecule has 0 saturated heterocycles. The zero-order valence-electron chi connectivity index (χ0n) is 24.4. The smallest absolute Gasteiger partial charge is 0.163 e. The number of aliphatic hydroxyl groups excluding tert-OH is 2. The van der Waals surface area contributed by atoms with Crippen LogP contribution in [0.1, 0.15) is 101 Å². The van der Waals surface area contributed by atoms with Gasteiger partial charge < -0.3 is 10.2 Å². The van der Waals surface area contributed by atoms with Crippen LogP contribution in [0.25, 0.3) is 22.2 Å². The van der Waals surface area contributed by atoms with Crippen molar-refractivity contribution in [3.8, 4) is 11.3 Å². The number of Topliss-reactive ketones (excluding diaryl/α,β-unsaturated/α-hetero) is 1. The van der Waals surface area contributed by atoms with Gasteiger partial charge in [-0.15, -0.1) is 0 Å². The molecule has 3 rings (SSSR count). The molecular weight excluding hydrogens is 479 g/mol. The van der Waals surface area contributed by atoms with Gasteiger partial charge in [-0.2, -0.15) is 0 Å². The number of hydrogen-bond acceptors (Lipinski definition) is 5. The van der Waals surface area contributed by atoms with Crippen LogP contribution in [-0.2, 0) is 5.67 Å². The molecule has 6 heteroatoms. The molecule has 0 radical (unpaired) electrons. The Morgan fingerprint density at radius 1 is 1.03 bits per heavy atom. The number of ketones is 1. The van der Waals surface area contributed by atoms with E-state index in [9.17, 15) is 9.18 Å². The number of carbonyl (C=O) groups excluding carboxylic acids is 1. The van der Waals surface area contributed by atoms with Gasteiger partial charge in [0.05, 0.1) is 11.2 Å². The second-order valence-corrected chi connectivity index (χ2v) is 10.1. The monoisotopic (exact) mass is 526 g/mol. The second kappa shape index (κ2) is 17.0. The minimum absolute atomic E-state index is 0.0230. The molecule has 2 N–H and O–H groups in total. The van der Waals surface area contributed by atoms with Crippen molar-refractivity contribution >= 4 is 16.7 Å². The Hall–Kier alpha value is -2.70. The molecule has 38 heavy (non-hydrogen) atoms. The van der Waals surface area contributed by atoms with Crippen LogP contribution in [0.4, 0.5) is 4.39 Å². The van der Waals surface area contributed by atoms with Gasteiger partial charge in [0.2, 0.25) is 0 Å². The summed E-state index contributed by atoms with van der Waals surface area (Å²) < 4.78 is 14.8. The van der Waals surface area contributed by atoms with Crippen molar-refractivity contribution in [2.24, 2.45) is 5.92 Å². The summed E-state index contributed by atoms with van der Waals surface area (Å²) >= 11 is 0. The highest BCUT2D eigenvalue weighted by Gasteiger charge is 2.24. The van der Waals surface area contributed by atoms with Crippen LogP contribution in [-0.4, -0.2) is 39.7 Å². The number of benzene rings is 1. The Balaban J connectivity index is 0.000000470. The summed E-state index contributed by atoms with van der Waals surface area (Å²) in [6, 6.07) is 9.19. The van der Waals surface area contributed by atoms with E-state index in [0.29, 0.717) is 40.9 Å². The standard InChI is InChI=1S/C21H21FN2O.C10H22O.CH4O/c1-5-20(25)15-11-19(24-18-8-9-23-12-16(15)18)14-7-6-13(2)10-17(14)21(3,4)22;1-3-6-10(7-4-2)8-5-9-11;1-2/h6-12H,5H2,1-4H3;10-11H,3-9H2,1-2H3;2H,1H3. The Bertz CT molecular complexity index is 1120. The van der Waals surface area contributed by atoms with Gasteiger partial charge in [-0.3, -0.25) is 9.78 Å². The number of alkyl halides is 1. The summed E-state index contributed by atoms with van der Waals surface area (Å²) in [5.41, 5.74) is 2.64. The second-order valence-electron chi connectivity index (χ2n) is 10.1. The number of aryl methyl sites for hydroxylation is 1. The summed E-state index contributed by atoms with van der Waals surface area (Å²) in [4.78, 5) is 21.2. The molecule has 2 aromatic heterocycles.